The van der Waals surface area contributed by atoms with Crippen LogP contribution >= 0.6 is 23.2 Å². The molecule has 3 aromatic rings. The number of hydrogen-bond donors (Lipinski definition) is 2. The van der Waals surface area contributed by atoms with Crippen molar-refractivity contribution in [2.24, 2.45) is 11.8 Å². The van der Waals surface area contributed by atoms with E-state index in [1.165, 1.54) is 12.1 Å². The molecule has 2 aromatic carbocycles. The summed E-state index contributed by atoms with van der Waals surface area (Å²) in [7, 11) is 0. The first-order valence-corrected chi connectivity index (χ1v) is 13.3. The van der Waals surface area contributed by atoms with Crippen LogP contribution < -0.4 is 0 Å². The molecular weight excluding hydrogens is 520 g/mol. The second-order valence-electron chi connectivity index (χ2n) is 10.4. The number of carboxylic acids is 1. The molecule has 3 saturated carbocycles. The molecule has 0 spiro atoms. The number of hydrogen-bond acceptors (Lipinski definition) is 5. The Kier molecular flexibility index (Phi) is 6.30. The van der Waals surface area contributed by atoms with Gasteiger partial charge in [0.1, 0.15) is 17.3 Å². The first-order valence-electron chi connectivity index (χ1n) is 12.6. The summed E-state index contributed by atoms with van der Waals surface area (Å²) in [6.45, 7) is 0.274. The van der Waals surface area contributed by atoms with Gasteiger partial charge in [-0.1, -0.05) is 40.5 Å². The van der Waals surface area contributed by atoms with Crippen LogP contribution in [0.3, 0.4) is 0 Å². The first-order chi connectivity index (χ1) is 17.8. The maximum absolute atomic E-state index is 14.9. The average molecular weight is 546 g/mol. The standard InChI is InChI=1S/C28H26Cl2FNO5/c29-21-2-1-3-22(30)24(21)25-19(26(37-32-25)14-4-5-14)13-36-18-11-16-7-8-17(12-18)28(16,35)20-9-6-15(27(33)34)10-23(20)31/h1-3,6,9-10,14,16-18,35H,4-5,7-8,11-13H2,(H,33,34)/t16-,17+,18+,28-. The van der Waals surface area contributed by atoms with Crippen LogP contribution in [0.25, 0.3) is 11.3 Å². The number of carbonyl (C=O) groups is 1. The van der Waals surface area contributed by atoms with Gasteiger partial charge < -0.3 is 19.5 Å². The molecule has 0 unspecified atom stereocenters. The lowest BCUT2D eigenvalue weighted by Gasteiger charge is -2.43. The van der Waals surface area contributed by atoms with Gasteiger partial charge in [0.15, 0.2) is 0 Å². The van der Waals surface area contributed by atoms with Crippen molar-refractivity contribution in [1.29, 1.82) is 0 Å². The number of benzene rings is 2. The van der Waals surface area contributed by atoms with E-state index in [1.54, 1.807) is 18.2 Å². The Labute approximate surface area is 223 Å². The van der Waals surface area contributed by atoms with Crippen LogP contribution in [0, 0.1) is 17.7 Å². The Morgan fingerprint density at radius 1 is 1.11 bits per heavy atom. The lowest BCUT2D eigenvalue weighted by molar-refractivity contribution is -0.117. The molecule has 0 saturated heterocycles. The number of rotatable bonds is 7. The van der Waals surface area contributed by atoms with Crippen molar-refractivity contribution in [3.63, 3.8) is 0 Å². The predicted octanol–water partition coefficient (Wildman–Crippen LogP) is 6.96. The number of aromatic carboxylic acids is 1. The van der Waals surface area contributed by atoms with Gasteiger partial charge in [0.2, 0.25) is 0 Å². The van der Waals surface area contributed by atoms with E-state index in [-0.39, 0.29) is 35.7 Å². The van der Waals surface area contributed by atoms with Crippen LogP contribution in [0.2, 0.25) is 10.0 Å². The lowest BCUT2D eigenvalue weighted by Crippen LogP contribution is -2.45. The fraction of sp³-hybridized carbons (Fsp3) is 0.429. The van der Waals surface area contributed by atoms with Crippen LogP contribution in [0.15, 0.2) is 40.9 Å². The molecule has 9 heteroatoms. The van der Waals surface area contributed by atoms with Gasteiger partial charge in [-0.05, 0) is 74.6 Å². The Morgan fingerprint density at radius 3 is 2.38 bits per heavy atom. The maximum Gasteiger partial charge on any atom is 0.335 e. The summed E-state index contributed by atoms with van der Waals surface area (Å²) in [5, 5.41) is 26.2. The minimum Gasteiger partial charge on any atom is -0.478 e. The van der Waals surface area contributed by atoms with E-state index in [1.807, 2.05) is 0 Å². The molecule has 0 amide bonds. The minimum absolute atomic E-state index is 0.129. The van der Waals surface area contributed by atoms with Crippen molar-refractivity contribution >= 4 is 29.2 Å². The second-order valence-corrected chi connectivity index (χ2v) is 11.3. The molecule has 3 fully saturated rings. The van der Waals surface area contributed by atoms with Gasteiger partial charge in [0, 0.05) is 22.6 Å². The van der Waals surface area contributed by atoms with Crippen LogP contribution in [0.5, 0.6) is 0 Å². The topological polar surface area (TPSA) is 92.8 Å². The summed E-state index contributed by atoms with van der Waals surface area (Å²) >= 11 is 12.9. The highest BCUT2D eigenvalue weighted by Crippen LogP contribution is 2.56. The number of carboxylic acid groups (broad SMARTS) is 1. The van der Waals surface area contributed by atoms with Gasteiger partial charge in [0.25, 0.3) is 0 Å². The highest BCUT2D eigenvalue weighted by Gasteiger charge is 2.55. The number of halogens is 3. The van der Waals surface area contributed by atoms with E-state index in [4.69, 9.17) is 32.5 Å². The van der Waals surface area contributed by atoms with E-state index in [0.717, 1.165) is 43.1 Å². The monoisotopic (exact) mass is 545 g/mol. The summed E-state index contributed by atoms with van der Waals surface area (Å²) in [6, 6.07) is 9.08. The normalized spacial score (nSPS) is 27.0. The van der Waals surface area contributed by atoms with E-state index >= 15 is 0 Å². The Balaban J connectivity index is 1.23. The molecule has 37 heavy (non-hydrogen) atoms. The number of nitrogens with zero attached hydrogens (tertiary/aromatic N) is 1. The third-order valence-electron chi connectivity index (χ3n) is 8.28. The van der Waals surface area contributed by atoms with Crippen molar-refractivity contribution in [2.45, 2.75) is 62.8 Å². The van der Waals surface area contributed by atoms with Gasteiger partial charge in [-0.15, -0.1) is 0 Å². The Morgan fingerprint density at radius 2 is 1.78 bits per heavy atom. The van der Waals surface area contributed by atoms with Gasteiger partial charge in [-0.3, -0.25) is 0 Å². The van der Waals surface area contributed by atoms with Gasteiger partial charge in [0.05, 0.1) is 33.9 Å². The number of aromatic nitrogens is 1. The number of fused-ring (bicyclic) bond motifs is 2. The van der Waals surface area contributed by atoms with Crippen LogP contribution in [-0.4, -0.2) is 27.4 Å². The van der Waals surface area contributed by atoms with Crippen molar-refractivity contribution in [3.8, 4) is 11.3 Å². The van der Waals surface area contributed by atoms with Crippen molar-refractivity contribution in [1.82, 2.24) is 5.16 Å². The van der Waals surface area contributed by atoms with Crippen LogP contribution in [0.4, 0.5) is 4.39 Å². The third-order valence-corrected chi connectivity index (χ3v) is 8.91. The largest absolute Gasteiger partial charge is 0.478 e. The number of aliphatic hydroxyl groups is 1. The van der Waals surface area contributed by atoms with Gasteiger partial charge in [-0.2, -0.15) is 0 Å². The minimum atomic E-state index is -1.34. The zero-order valence-electron chi connectivity index (χ0n) is 19.9. The summed E-state index contributed by atoms with van der Waals surface area (Å²) in [5.41, 5.74) is 0.763. The summed E-state index contributed by atoms with van der Waals surface area (Å²) in [4.78, 5) is 11.2. The number of ether oxygens (including phenoxy) is 1. The van der Waals surface area contributed by atoms with Gasteiger partial charge >= 0.3 is 5.97 Å². The molecule has 3 aliphatic rings. The highest BCUT2D eigenvalue weighted by molar-refractivity contribution is 6.39. The second kappa shape index (κ2) is 9.38. The molecule has 1 heterocycles. The van der Waals surface area contributed by atoms with Crippen LogP contribution in [-0.2, 0) is 16.9 Å². The zero-order valence-corrected chi connectivity index (χ0v) is 21.4. The molecule has 0 aliphatic heterocycles. The molecule has 6 nitrogen and oxygen atoms in total. The average Bonchev–Trinajstić information content (AvgIpc) is 3.60. The Bertz CT molecular complexity index is 1340. The van der Waals surface area contributed by atoms with E-state index in [0.29, 0.717) is 40.1 Å². The predicted molar refractivity (Wildman–Crippen MR) is 135 cm³/mol. The van der Waals surface area contributed by atoms with Crippen LogP contribution in [0.1, 0.15) is 71.7 Å². The molecule has 2 N–H and O–H groups in total. The lowest BCUT2D eigenvalue weighted by atomic mass is 9.69. The van der Waals surface area contributed by atoms with Crippen molar-refractivity contribution < 1.29 is 28.7 Å². The molecule has 2 bridgehead atoms. The van der Waals surface area contributed by atoms with Gasteiger partial charge in [-0.25, -0.2) is 9.18 Å². The maximum atomic E-state index is 14.9. The molecule has 194 valence electrons. The Hall–Kier alpha value is -2.45. The first kappa shape index (κ1) is 24.9. The zero-order chi connectivity index (χ0) is 25.9. The molecule has 6 rings (SSSR count). The smallest absolute Gasteiger partial charge is 0.335 e. The fourth-order valence-electron chi connectivity index (χ4n) is 6.30. The molecular formula is C28H26Cl2FNO5. The molecule has 1 aromatic heterocycles. The van der Waals surface area contributed by atoms with E-state index < -0.39 is 17.4 Å². The highest BCUT2D eigenvalue weighted by atomic mass is 35.5. The SMILES string of the molecule is O=C(O)c1ccc([C@@]2(O)[C@@H]3CC[C@H]2C[C@@H](OCc2c(-c4c(Cl)cccc4Cl)noc2C2CC2)C3)c(F)c1. The summed E-state index contributed by atoms with van der Waals surface area (Å²) < 4.78 is 27.1. The third kappa shape index (κ3) is 4.26. The van der Waals surface area contributed by atoms with Crippen molar-refractivity contribution in [2.75, 3.05) is 0 Å². The quantitative estimate of drug-likeness (QED) is 0.333. The fourth-order valence-corrected chi connectivity index (χ4v) is 6.88. The molecule has 0 radical (unpaired) electrons. The molecule has 4 atom stereocenters. The molecule has 3 aliphatic carbocycles. The summed E-state index contributed by atoms with van der Waals surface area (Å²) in [5.74, 6) is -1.14. The van der Waals surface area contributed by atoms with E-state index in [2.05, 4.69) is 5.16 Å². The van der Waals surface area contributed by atoms with Crippen molar-refractivity contribution in [3.05, 3.63) is 74.7 Å². The summed E-state index contributed by atoms with van der Waals surface area (Å²) in [6.07, 6.45) is 4.58. The van der Waals surface area contributed by atoms with E-state index in [9.17, 15) is 19.4 Å².